The largest absolute Gasteiger partial charge is 0.497 e. The summed E-state index contributed by atoms with van der Waals surface area (Å²) in [6.45, 7) is 4.75. The molecule has 3 N–H and O–H groups in total. The van der Waals surface area contributed by atoms with E-state index in [0.29, 0.717) is 5.75 Å². The number of rotatable bonds is 5. The van der Waals surface area contributed by atoms with Gasteiger partial charge in [-0.05, 0) is 31.6 Å². The third-order valence-electron chi connectivity index (χ3n) is 4.30. The van der Waals surface area contributed by atoms with E-state index in [1.54, 1.807) is 14.2 Å². The number of ether oxygens (including phenoxy) is 2. The second-order valence-electron chi connectivity index (χ2n) is 5.88. The van der Waals surface area contributed by atoms with Crippen LogP contribution in [-0.2, 0) is 15.5 Å². The summed E-state index contributed by atoms with van der Waals surface area (Å²) in [5, 5.41) is 9.88. The Hall–Kier alpha value is -2.15. The first kappa shape index (κ1) is 16.7. The van der Waals surface area contributed by atoms with E-state index in [1.165, 1.54) is 0 Å². The summed E-state index contributed by atoms with van der Waals surface area (Å²) in [6.07, 6.45) is 0. The Labute approximate surface area is 144 Å². The highest BCUT2D eigenvalue weighted by atomic mass is 32.2. The van der Waals surface area contributed by atoms with Gasteiger partial charge in [0.05, 0.1) is 42.1 Å². The normalized spacial score (nSPS) is 20.8. The molecule has 2 aliphatic rings. The van der Waals surface area contributed by atoms with Crippen LogP contribution >= 0.6 is 0 Å². The zero-order valence-corrected chi connectivity index (χ0v) is 15.2. The van der Waals surface area contributed by atoms with Gasteiger partial charge in [0.1, 0.15) is 11.5 Å². The van der Waals surface area contributed by atoms with Crippen LogP contribution in [0.1, 0.15) is 13.8 Å². The van der Waals surface area contributed by atoms with E-state index >= 15 is 0 Å². The van der Waals surface area contributed by atoms with E-state index in [4.69, 9.17) is 9.47 Å². The second-order valence-corrected chi connectivity index (χ2v) is 7.40. The summed E-state index contributed by atoms with van der Waals surface area (Å²) < 4.78 is 23.5. The van der Waals surface area contributed by atoms with Crippen molar-refractivity contribution in [2.45, 2.75) is 19.3 Å². The first-order valence-electron chi connectivity index (χ1n) is 7.79. The number of anilines is 2. The number of methoxy groups -OCH3 is 2. The number of hydrogen-bond donors (Lipinski definition) is 3. The van der Waals surface area contributed by atoms with Gasteiger partial charge in [0.2, 0.25) is 0 Å². The van der Waals surface area contributed by atoms with Crippen LogP contribution in [0.25, 0.3) is 0 Å². The zero-order valence-electron chi connectivity index (χ0n) is 14.4. The van der Waals surface area contributed by atoms with Crippen molar-refractivity contribution in [2.75, 3.05) is 37.2 Å². The number of fused-ring (bicyclic) bond motifs is 1. The maximum Gasteiger partial charge on any atom is 0.175 e. The maximum absolute atomic E-state index is 12.8. The molecule has 0 spiro atoms. The molecule has 0 saturated carbocycles. The monoisotopic (exact) mass is 349 g/mol. The van der Waals surface area contributed by atoms with E-state index in [2.05, 4.69) is 16.0 Å². The Morgan fingerprint density at radius 2 is 1.92 bits per heavy atom. The Kier molecular flexibility index (Phi) is 4.71. The zero-order chi connectivity index (χ0) is 17.3. The molecule has 1 aromatic rings. The van der Waals surface area contributed by atoms with Crippen molar-refractivity contribution in [1.82, 2.24) is 5.32 Å². The Bertz CT molecular complexity index is 743. The van der Waals surface area contributed by atoms with Crippen LogP contribution < -0.4 is 20.7 Å². The highest BCUT2D eigenvalue weighted by Gasteiger charge is 2.27. The molecule has 2 aliphatic heterocycles. The molecule has 0 amide bonds. The van der Waals surface area contributed by atoms with E-state index in [1.807, 2.05) is 32.0 Å². The minimum atomic E-state index is -1.14. The highest BCUT2D eigenvalue weighted by molar-refractivity contribution is 7.86. The van der Waals surface area contributed by atoms with Crippen LogP contribution in [0.15, 0.2) is 40.8 Å². The molecule has 24 heavy (non-hydrogen) atoms. The molecular weight excluding hydrogens is 326 g/mol. The average Bonchev–Trinajstić information content (AvgIpc) is 3.01. The summed E-state index contributed by atoms with van der Waals surface area (Å²) in [6, 6.07) is 5.71. The van der Waals surface area contributed by atoms with Crippen LogP contribution in [-0.4, -0.2) is 36.2 Å². The third-order valence-corrected chi connectivity index (χ3v) is 5.64. The molecule has 0 saturated heterocycles. The minimum Gasteiger partial charge on any atom is -0.497 e. The van der Waals surface area contributed by atoms with Crippen LogP contribution in [0.2, 0.25) is 0 Å². The lowest BCUT2D eigenvalue weighted by Crippen LogP contribution is -2.34. The third kappa shape index (κ3) is 3.08. The van der Waals surface area contributed by atoms with Crippen molar-refractivity contribution in [3.8, 4) is 5.75 Å². The van der Waals surface area contributed by atoms with E-state index in [9.17, 15) is 4.21 Å². The Morgan fingerprint density at radius 1 is 1.17 bits per heavy atom. The first-order valence-corrected chi connectivity index (χ1v) is 9.17. The molecule has 0 aromatic heterocycles. The van der Waals surface area contributed by atoms with Crippen molar-refractivity contribution in [2.24, 2.45) is 0 Å². The molecule has 2 heterocycles. The fourth-order valence-corrected chi connectivity index (χ4v) is 4.25. The number of benzene rings is 1. The molecule has 3 rings (SSSR count). The fraction of sp³-hybridized carbons (Fsp3) is 0.412. The molecule has 0 aliphatic carbocycles. The van der Waals surface area contributed by atoms with E-state index in [0.717, 1.165) is 46.3 Å². The predicted molar refractivity (Wildman–Crippen MR) is 97.4 cm³/mol. The molecular formula is C17H23N3O3S. The second kappa shape index (κ2) is 6.76. The van der Waals surface area contributed by atoms with Gasteiger partial charge in [-0.15, -0.1) is 0 Å². The Morgan fingerprint density at radius 3 is 2.62 bits per heavy atom. The predicted octanol–water partition coefficient (Wildman–Crippen LogP) is 2.36. The van der Waals surface area contributed by atoms with Crippen molar-refractivity contribution < 1.29 is 13.7 Å². The number of dihydropyridines is 1. The van der Waals surface area contributed by atoms with Crippen LogP contribution in [0.4, 0.5) is 11.4 Å². The summed E-state index contributed by atoms with van der Waals surface area (Å²) in [5.74, 6) is 2.09. The molecule has 1 aromatic carbocycles. The molecule has 7 heteroatoms. The topological polar surface area (TPSA) is 71.6 Å². The lowest BCUT2D eigenvalue weighted by molar-refractivity contribution is 0.291. The molecule has 0 radical (unpaired) electrons. The van der Waals surface area contributed by atoms with Gasteiger partial charge in [0, 0.05) is 23.9 Å². The summed E-state index contributed by atoms with van der Waals surface area (Å²) in [7, 11) is 2.17. The maximum atomic E-state index is 12.8. The van der Waals surface area contributed by atoms with Crippen LogP contribution in [0.3, 0.4) is 0 Å². The van der Waals surface area contributed by atoms with Gasteiger partial charge in [-0.25, -0.2) is 0 Å². The standard InChI is InChI=1S/C17H23N3O3S/c1-10-8-18-15(11(2)16(10)23-4)9-24(21)17-19-13-6-5-12(22-3)7-14(13)20-17/h5-7,17-20H,8-9H2,1-4H3. The number of hydrogen-bond acceptors (Lipinski definition) is 6. The van der Waals surface area contributed by atoms with Gasteiger partial charge in [0.25, 0.3) is 0 Å². The summed E-state index contributed by atoms with van der Waals surface area (Å²) in [5.41, 5.74) is 4.65. The number of nitrogens with one attached hydrogen (secondary N) is 3. The summed E-state index contributed by atoms with van der Waals surface area (Å²) >= 11 is 0. The average molecular weight is 349 g/mol. The summed E-state index contributed by atoms with van der Waals surface area (Å²) in [4.78, 5) is 0. The minimum absolute atomic E-state index is 0.327. The van der Waals surface area contributed by atoms with Gasteiger partial charge < -0.3 is 25.4 Å². The SMILES string of the molecule is COC1=C(C)CNC(CS(=O)C2Nc3ccc(OC)cc3N2)=C1C. The van der Waals surface area contributed by atoms with Crippen LogP contribution in [0.5, 0.6) is 5.75 Å². The molecule has 6 nitrogen and oxygen atoms in total. The number of allylic oxidation sites excluding steroid dienone is 1. The van der Waals surface area contributed by atoms with Gasteiger partial charge in [-0.1, -0.05) is 0 Å². The first-order chi connectivity index (χ1) is 11.5. The molecule has 2 unspecified atom stereocenters. The highest BCUT2D eigenvalue weighted by Crippen LogP contribution is 2.33. The van der Waals surface area contributed by atoms with Gasteiger partial charge in [-0.2, -0.15) is 0 Å². The lowest BCUT2D eigenvalue weighted by atomic mass is 10.1. The Balaban J connectivity index is 1.72. The molecule has 130 valence electrons. The smallest absolute Gasteiger partial charge is 0.175 e. The lowest BCUT2D eigenvalue weighted by Gasteiger charge is -2.24. The molecule has 0 bridgehead atoms. The quantitative estimate of drug-likeness (QED) is 0.758. The van der Waals surface area contributed by atoms with Crippen molar-refractivity contribution in [3.05, 3.63) is 40.8 Å². The van der Waals surface area contributed by atoms with E-state index < -0.39 is 10.8 Å². The van der Waals surface area contributed by atoms with Gasteiger partial charge >= 0.3 is 0 Å². The fourth-order valence-electron chi connectivity index (χ4n) is 2.97. The molecule has 0 fully saturated rings. The van der Waals surface area contributed by atoms with Gasteiger partial charge in [0.15, 0.2) is 5.50 Å². The van der Waals surface area contributed by atoms with Crippen molar-refractivity contribution in [1.29, 1.82) is 0 Å². The molecule has 2 atom stereocenters. The van der Waals surface area contributed by atoms with Gasteiger partial charge in [-0.3, -0.25) is 4.21 Å². The van der Waals surface area contributed by atoms with Crippen molar-refractivity contribution >= 4 is 22.2 Å². The van der Waals surface area contributed by atoms with Crippen molar-refractivity contribution in [3.63, 3.8) is 0 Å². The van der Waals surface area contributed by atoms with E-state index in [-0.39, 0.29) is 5.50 Å². The van der Waals surface area contributed by atoms with Crippen LogP contribution in [0, 0.1) is 0 Å².